The Balaban J connectivity index is 1.46. The molecule has 2 aliphatic rings. The summed E-state index contributed by atoms with van der Waals surface area (Å²) >= 11 is 0. The van der Waals surface area contributed by atoms with Crippen LogP contribution in [0, 0.1) is 11.3 Å². The Labute approximate surface area is 157 Å². The van der Waals surface area contributed by atoms with Crippen molar-refractivity contribution < 1.29 is 14.4 Å². The maximum Gasteiger partial charge on any atom is 0.325 e. The average molecular weight is 370 g/mol. The van der Waals surface area contributed by atoms with Crippen LogP contribution < -0.4 is 16.0 Å². The third-order valence-corrected chi connectivity index (χ3v) is 4.92. The highest BCUT2D eigenvalue weighted by atomic mass is 16.2. The average Bonchev–Trinajstić information content (AvgIpc) is 2.90. The zero-order valence-corrected chi connectivity index (χ0v) is 15.0. The fourth-order valence-electron chi connectivity index (χ4n) is 3.53. The lowest BCUT2D eigenvalue weighted by molar-refractivity contribution is -0.135. The molecule has 1 saturated heterocycles. The maximum absolute atomic E-state index is 12.6. The van der Waals surface area contributed by atoms with Crippen LogP contribution in [0.5, 0.6) is 0 Å². The fraction of sp³-hybridized carbons (Fsp3) is 0.500. The molecule has 1 saturated carbocycles. The van der Waals surface area contributed by atoms with Gasteiger partial charge in [0, 0.05) is 19.3 Å². The molecule has 4 amide bonds. The van der Waals surface area contributed by atoms with Crippen molar-refractivity contribution >= 4 is 23.7 Å². The van der Waals surface area contributed by atoms with Gasteiger partial charge in [0.25, 0.3) is 5.91 Å². The van der Waals surface area contributed by atoms with Crippen molar-refractivity contribution in [2.45, 2.75) is 37.6 Å². The highest BCUT2D eigenvalue weighted by Gasteiger charge is 2.51. The summed E-state index contributed by atoms with van der Waals surface area (Å²) in [7, 11) is 0. The summed E-state index contributed by atoms with van der Waals surface area (Å²) < 4.78 is 0. The number of amides is 4. The largest absolute Gasteiger partial charge is 0.367 e. The first kappa shape index (κ1) is 18.6. The molecule has 3 rings (SSSR count). The van der Waals surface area contributed by atoms with Crippen LogP contribution in [-0.4, -0.2) is 52.9 Å². The van der Waals surface area contributed by atoms with Crippen LogP contribution in [0.25, 0.3) is 0 Å². The van der Waals surface area contributed by atoms with E-state index >= 15 is 0 Å². The minimum atomic E-state index is -0.816. The van der Waals surface area contributed by atoms with Gasteiger partial charge in [-0.3, -0.25) is 14.5 Å². The summed E-state index contributed by atoms with van der Waals surface area (Å²) in [4.78, 5) is 41.9. The molecular weight excluding hydrogens is 348 g/mol. The lowest BCUT2D eigenvalue weighted by Crippen LogP contribution is -2.49. The highest BCUT2D eigenvalue weighted by molar-refractivity contribution is 6.09. The van der Waals surface area contributed by atoms with Crippen LogP contribution in [0.3, 0.4) is 0 Å². The molecule has 0 aromatic carbocycles. The van der Waals surface area contributed by atoms with E-state index in [2.05, 4.69) is 20.9 Å². The van der Waals surface area contributed by atoms with Crippen molar-refractivity contribution in [1.82, 2.24) is 20.5 Å². The summed E-state index contributed by atoms with van der Waals surface area (Å²) in [6.45, 7) is 0.343. The number of urea groups is 1. The van der Waals surface area contributed by atoms with E-state index in [1.165, 1.54) is 0 Å². The summed E-state index contributed by atoms with van der Waals surface area (Å²) in [5, 5.41) is 17.4. The van der Waals surface area contributed by atoms with E-state index in [-0.39, 0.29) is 19.0 Å². The van der Waals surface area contributed by atoms with Gasteiger partial charge in [-0.2, -0.15) is 5.26 Å². The van der Waals surface area contributed by atoms with Gasteiger partial charge < -0.3 is 16.0 Å². The van der Waals surface area contributed by atoms with E-state index in [4.69, 9.17) is 5.26 Å². The van der Waals surface area contributed by atoms with Gasteiger partial charge >= 0.3 is 6.03 Å². The molecular formula is C18H22N6O3. The molecule has 2 heterocycles. The molecule has 0 radical (unpaired) electrons. The van der Waals surface area contributed by atoms with Gasteiger partial charge in [0.15, 0.2) is 0 Å². The van der Waals surface area contributed by atoms with Crippen LogP contribution >= 0.6 is 0 Å². The zero-order chi connectivity index (χ0) is 19.3. The maximum atomic E-state index is 12.6. The molecule has 0 bridgehead atoms. The molecule has 2 fully saturated rings. The van der Waals surface area contributed by atoms with E-state index in [9.17, 15) is 14.4 Å². The summed E-state index contributed by atoms with van der Waals surface area (Å²) in [5.74, 6) is -0.259. The first-order chi connectivity index (χ1) is 13.1. The number of nitriles is 1. The van der Waals surface area contributed by atoms with E-state index in [0.717, 1.165) is 24.2 Å². The van der Waals surface area contributed by atoms with Gasteiger partial charge in [0.2, 0.25) is 5.91 Å². The summed E-state index contributed by atoms with van der Waals surface area (Å²) in [6.07, 6.45) is 5.68. The molecule has 1 aliphatic heterocycles. The van der Waals surface area contributed by atoms with Crippen LogP contribution in [0.2, 0.25) is 0 Å². The number of aromatic nitrogens is 1. The molecule has 0 atom stereocenters. The minimum absolute atomic E-state index is 0.273. The van der Waals surface area contributed by atoms with Gasteiger partial charge in [-0.05, 0) is 25.0 Å². The number of rotatable bonds is 6. The van der Waals surface area contributed by atoms with Gasteiger partial charge in [-0.1, -0.05) is 19.3 Å². The Morgan fingerprint density at radius 3 is 2.81 bits per heavy atom. The number of hydrogen-bond donors (Lipinski definition) is 3. The van der Waals surface area contributed by atoms with Crippen molar-refractivity contribution in [3.8, 4) is 6.07 Å². The molecule has 9 heteroatoms. The van der Waals surface area contributed by atoms with Gasteiger partial charge in [0.1, 0.15) is 24.0 Å². The Kier molecular flexibility index (Phi) is 5.54. The second kappa shape index (κ2) is 8.03. The third-order valence-electron chi connectivity index (χ3n) is 4.92. The Morgan fingerprint density at radius 1 is 1.30 bits per heavy atom. The zero-order valence-electron chi connectivity index (χ0n) is 15.0. The minimum Gasteiger partial charge on any atom is -0.367 e. The van der Waals surface area contributed by atoms with Gasteiger partial charge in [0.05, 0.1) is 5.56 Å². The number of anilines is 1. The van der Waals surface area contributed by atoms with E-state index in [1.54, 1.807) is 18.3 Å². The smallest absolute Gasteiger partial charge is 0.325 e. The van der Waals surface area contributed by atoms with Gasteiger partial charge in [-0.25, -0.2) is 9.78 Å². The van der Waals surface area contributed by atoms with Crippen molar-refractivity contribution in [2.24, 2.45) is 0 Å². The quantitative estimate of drug-likeness (QED) is 0.500. The van der Waals surface area contributed by atoms with Crippen LogP contribution in [0.4, 0.5) is 10.6 Å². The third kappa shape index (κ3) is 4.00. The molecule has 9 nitrogen and oxygen atoms in total. The molecule has 1 aromatic rings. The summed E-state index contributed by atoms with van der Waals surface area (Å²) in [6, 6.07) is 4.85. The van der Waals surface area contributed by atoms with Crippen molar-refractivity contribution in [3.63, 3.8) is 0 Å². The van der Waals surface area contributed by atoms with E-state index < -0.39 is 17.5 Å². The Hall–Kier alpha value is -3.15. The number of imide groups is 1. The van der Waals surface area contributed by atoms with Crippen LogP contribution in [0.1, 0.15) is 37.7 Å². The Morgan fingerprint density at radius 2 is 2.07 bits per heavy atom. The standard InChI is InChI=1S/C18H22N6O3/c19-11-13-5-4-8-21-15(13)22-10-9-20-14(25)12-24-16(26)18(23-17(24)27)6-2-1-3-7-18/h4-5,8H,1-3,6-7,9-10,12H2,(H,20,25)(H,21,22)(H,23,27). The predicted octanol–water partition coefficient (Wildman–Crippen LogP) is 0.736. The van der Waals surface area contributed by atoms with Crippen molar-refractivity contribution in [3.05, 3.63) is 23.9 Å². The number of carbonyl (C=O) groups is 3. The van der Waals surface area contributed by atoms with Crippen molar-refractivity contribution in [2.75, 3.05) is 25.0 Å². The molecule has 1 spiro atoms. The second-order valence-corrected chi connectivity index (χ2v) is 6.75. The lowest BCUT2D eigenvalue weighted by atomic mass is 9.82. The van der Waals surface area contributed by atoms with Crippen LogP contribution in [0.15, 0.2) is 18.3 Å². The molecule has 1 aromatic heterocycles. The first-order valence-corrected chi connectivity index (χ1v) is 9.05. The van der Waals surface area contributed by atoms with E-state index in [1.807, 2.05) is 6.07 Å². The molecule has 3 N–H and O–H groups in total. The number of pyridine rings is 1. The van der Waals surface area contributed by atoms with E-state index in [0.29, 0.717) is 30.8 Å². The normalized spacial score (nSPS) is 18.1. The monoisotopic (exact) mass is 370 g/mol. The fourth-order valence-corrected chi connectivity index (χ4v) is 3.53. The summed E-state index contributed by atoms with van der Waals surface area (Å²) in [5.41, 5.74) is -0.398. The van der Waals surface area contributed by atoms with Crippen molar-refractivity contribution in [1.29, 1.82) is 5.26 Å². The topological polar surface area (TPSA) is 127 Å². The predicted molar refractivity (Wildman–Crippen MR) is 96.5 cm³/mol. The Bertz CT molecular complexity index is 782. The molecule has 142 valence electrons. The number of nitrogens with zero attached hydrogens (tertiary/aromatic N) is 3. The molecule has 0 unspecified atom stereocenters. The highest BCUT2D eigenvalue weighted by Crippen LogP contribution is 2.33. The van der Waals surface area contributed by atoms with Gasteiger partial charge in [-0.15, -0.1) is 0 Å². The molecule has 27 heavy (non-hydrogen) atoms. The van der Waals surface area contributed by atoms with Crippen LogP contribution in [-0.2, 0) is 9.59 Å². The number of nitrogens with one attached hydrogen (secondary N) is 3. The lowest BCUT2D eigenvalue weighted by Gasteiger charge is -2.30. The number of carbonyl (C=O) groups excluding carboxylic acids is 3. The first-order valence-electron chi connectivity index (χ1n) is 9.05. The molecule has 1 aliphatic carbocycles. The number of hydrogen-bond acceptors (Lipinski definition) is 6. The SMILES string of the molecule is N#Cc1cccnc1NCCNC(=O)CN1C(=O)NC2(CCCCC2)C1=O. The second-order valence-electron chi connectivity index (χ2n) is 6.75.